The van der Waals surface area contributed by atoms with Crippen LogP contribution in [-0.2, 0) is 10.8 Å². The minimum atomic E-state index is 0.0555. The molecule has 2 aromatic carbocycles. The standard InChI is InChI=1S/C24H28N2/c1-22(2)17-10-6-8-12-19(17)25-14-15-26-20-13-9-7-11-18(20)23(3,4)24(26,5)16-21(22)25/h6-13,16H,14-15H2,1-5H3/p+1. The number of quaternary nitrogens is 1. The second-order valence-electron chi connectivity index (χ2n) is 9.42. The van der Waals surface area contributed by atoms with Gasteiger partial charge in [0.05, 0.1) is 12.0 Å². The van der Waals surface area contributed by atoms with Crippen molar-refractivity contribution in [2.24, 2.45) is 0 Å². The predicted octanol–water partition coefficient (Wildman–Crippen LogP) is 3.95. The molecule has 0 amide bonds. The van der Waals surface area contributed by atoms with Crippen LogP contribution in [0.5, 0.6) is 0 Å². The summed E-state index contributed by atoms with van der Waals surface area (Å²) in [5, 5.41) is 0. The minimum Gasteiger partial charge on any atom is -0.338 e. The molecule has 5 rings (SSSR count). The van der Waals surface area contributed by atoms with Crippen LogP contribution >= 0.6 is 0 Å². The fourth-order valence-corrected chi connectivity index (χ4v) is 5.73. The first-order chi connectivity index (χ1) is 12.3. The van der Waals surface area contributed by atoms with Gasteiger partial charge in [-0.2, -0.15) is 0 Å². The van der Waals surface area contributed by atoms with Gasteiger partial charge in [-0.1, -0.05) is 50.2 Å². The molecule has 134 valence electrons. The Labute approximate surface area is 157 Å². The molecule has 0 spiro atoms. The van der Waals surface area contributed by atoms with E-state index in [4.69, 9.17) is 0 Å². The van der Waals surface area contributed by atoms with Crippen molar-refractivity contribution >= 4 is 11.4 Å². The van der Waals surface area contributed by atoms with Crippen LogP contribution < -0.4 is 9.80 Å². The Kier molecular flexibility index (Phi) is 2.98. The topological polar surface area (TPSA) is 7.68 Å². The first-order valence-corrected chi connectivity index (χ1v) is 9.85. The number of fused-ring (bicyclic) bond motifs is 6. The minimum absolute atomic E-state index is 0.0555. The molecule has 2 atom stereocenters. The SMILES string of the molecule is CC1(C)C2=CC3(C)[NH+](CCN2c2ccccc21)c1ccccc1C3(C)C. The maximum atomic E-state index is 2.62. The van der Waals surface area contributed by atoms with Crippen LogP contribution in [0.25, 0.3) is 0 Å². The average molecular weight is 346 g/mol. The van der Waals surface area contributed by atoms with E-state index in [9.17, 15) is 0 Å². The molecule has 2 heteroatoms. The molecule has 0 bridgehead atoms. The summed E-state index contributed by atoms with van der Waals surface area (Å²) >= 11 is 0. The van der Waals surface area contributed by atoms with Gasteiger partial charge in [0, 0.05) is 22.4 Å². The number of para-hydroxylation sites is 2. The van der Waals surface area contributed by atoms with Crippen molar-refractivity contribution in [2.45, 2.75) is 51.0 Å². The van der Waals surface area contributed by atoms with Crippen molar-refractivity contribution in [2.75, 3.05) is 18.0 Å². The Bertz CT molecular complexity index is 937. The molecule has 0 fully saturated rings. The highest BCUT2D eigenvalue weighted by Gasteiger charge is 2.59. The van der Waals surface area contributed by atoms with E-state index in [0.29, 0.717) is 0 Å². The predicted molar refractivity (Wildman–Crippen MR) is 108 cm³/mol. The summed E-state index contributed by atoms with van der Waals surface area (Å²) in [7, 11) is 0. The molecule has 3 heterocycles. The van der Waals surface area contributed by atoms with Crippen LogP contribution in [0.1, 0.15) is 45.7 Å². The molecule has 3 aliphatic heterocycles. The van der Waals surface area contributed by atoms with Crippen LogP contribution in [-0.4, -0.2) is 18.6 Å². The molecule has 26 heavy (non-hydrogen) atoms. The van der Waals surface area contributed by atoms with Crippen molar-refractivity contribution in [3.05, 3.63) is 71.4 Å². The number of allylic oxidation sites excluding steroid dienone is 1. The lowest BCUT2D eigenvalue weighted by atomic mass is 9.69. The fourth-order valence-electron chi connectivity index (χ4n) is 5.73. The Balaban J connectivity index is 1.75. The van der Waals surface area contributed by atoms with Gasteiger partial charge in [0.1, 0.15) is 17.8 Å². The summed E-state index contributed by atoms with van der Waals surface area (Å²) in [5.41, 5.74) is 7.57. The Morgan fingerprint density at radius 3 is 2.27 bits per heavy atom. The van der Waals surface area contributed by atoms with E-state index in [2.05, 4.69) is 94.1 Å². The molecule has 1 N–H and O–H groups in total. The van der Waals surface area contributed by atoms with Crippen LogP contribution in [0, 0.1) is 0 Å². The molecule has 0 radical (unpaired) electrons. The summed E-state index contributed by atoms with van der Waals surface area (Å²) < 4.78 is 0. The van der Waals surface area contributed by atoms with Crippen LogP contribution in [0.2, 0.25) is 0 Å². The van der Waals surface area contributed by atoms with Gasteiger partial charge < -0.3 is 4.90 Å². The first kappa shape index (κ1) is 16.1. The summed E-state index contributed by atoms with van der Waals surface area (Å²) in [4.78, 5) is 4.21. The van der Waals surface area contributed by atoms with Crippen molar-refractivity contribution in [1.82, 2.24) is 0 Å². The highest BCUT2D eigenvalue weighted by molar-refractivity contribution is 5.71. The van der Waals surface area contributed by atoms with Gasteiger partial charge >= 0.3 is 0 Å². The molecule has 2 aromatic rings. The third kappa shape index (κ3) is 1.71. The van der Waals surface area contributed by atoms with E-state index in [1.54, 1.807) is 4.90 Å². The number of rotatable bonds is 0. The van der Waals surface area contributed by atoms with Crippen molar-refractivity contribution < 1.29 is 4.90 Å². The van der Waals surface area contributed by atoms with Crippen LogP contribution in [0.3, 0.4) is 0 Å². The molecule has 3 aliphatic rings. The zero-order valence-electron chi connectivity index (χ0n) is 16.6. The molecule has 0 aliphatic carbocycles. The lowest BCUT2D eigenvalue weighted by Gasteiger charge is -2.38. The maximum Gasteiger partial charge on any atom is 0.135 e. The van der Waals surface area contributed by atoms with E-state index in [0.717, 1.165) is 13.1 Å². The molecule has 2 nitrogen and oxygen atoms in total. The fraction of sp³-hybridized carbons (Fsp3) is 0.417. The van der Waals surface area contributed by atoms with Crippen molar-refractivity contribution in [1.29, 1.82) is 0 Å². The van der Waals surface area contributed by atoms with Crippen molar-refractivity contribution in [3.8, 4) is 0 Å². The van der Waals surface area contributed by atoms with E-state index in [1.165, 1.54) is 28.2 Å². The number of hydrogen-bond acceptors (Lipinski definition) is 1. The highest BCUT2D eigenvalue weighted by atomic mass is 15.3. The number of hydrogen-bond donors (Lipinski definition) is 1. The van der Waals surface area contributed by atoms with Gasteiger partial charge in [0.25, 0.3) is 0 Å². The first-order valence-electron chi connectivity index (χ1n) is 9.85. The number of nitrogens with zero attached hydrogens (tertiary/aromatic N) is 1. The molecule has 2 unspecified atom stereocenters. The second kappa shape index (κ2) is 4.80. The zero-order valence-corrected chi connectivity index (χ0v) is 16.6. The Morgan fingerprint density at radius 2 is 1.50 bits per heavy atom. The van der Waals surface area contributed by atoms with E-state index in [-0.39, 0.29) is 16.4 Å². The zero-order chi connectivity index (χ0) is 18.3. The Hall–Kier alpha value is -2.06. The Morgan fingerprint density at radius 1 is 0.846 bits per heavy atom. The summed E-state index contributed by atoms with van der Waals surface area (Å²) in [6.07, 6.45) is 2.62. The summed E-state index contributed by atoms with van der Waals surface area (Å²) in [6.45, 7) is 14.3. The second-order valence-corrected chi connectivity index (χ2v) is 9.42. The van der Waals surface area contributed by atoms with Crippen LogP contribution in [0.15, 0.2) is 60.3 Å². The lowest BCUT2D eigenvalue weighted by Crippen LogP contribution is -3.15. The largest absolute Gasteiger partial charge is 0.338 e. The highest BCUT2D eigenvalue weighted by Crippen LogP contribution is 2.51. The maximum absolute atomic E-state index is 2.62. The average Bonchev–Trinajstić information content (AvgIpc) is 2.83. The third-order valence-corrected chi connectivity index (χ3v) is 7.66. The van der Waals surface area contributed by atoms with Gasteiger partial charge in [-0.15, -0.1) is 0 Å². The van der Waals surface area contributed by atoms with Gasteiger partial charge in [-0.3, -0.25) is 4.90 Å². The number of anilines is 1. The van der Waals surface area contributed by atoms with Gasteiger partial charge in [0.15, 0.2) is 0 Å². The summed E-state index contributed by atoms with van der Waals surface area (Å²) in [5.74, 6) is 0. The van der Waals surface area contributed by atoms with E-state index >= 15 is 0 Å². The normalized spacial score (nSPS) is 30.0. The smallest absolute Gasteiger partial charge is 0.135 e. The van der Waals surface area contributed by atoms with Gasteiger partial charge in [-0.25, -0.2) is 0 Å². The van der Waals surface area contributed by atoms with Gasteiger partial charge in [-0.05, 0) is 44.5 Å². The molecule has 0 saturated heterocycles. The number of nitrogens with one attached hydrogen (secondary N) is 1. The third-order valence-electron chi connectivity index (χ3n) is 7.66. The molecular weight excluding hydrogens is 316 g/mol. The molecule has 0 aromatic heterocycles. The summed E-state index contributed by atoms with van der Waals surface area (Å²) in [6, 6.07) is 18.0. The monoisotopic (exact) mass is 345 g/mol. The van der Waals surface area contributed by atoms with Crippen LogP contribution in [0.4, 0.5) is 11.4 Å². The lowest BCUT2D eigenvalue weighted by molar-refractivity contribution is -0.875. The quantitative estimate of drug-likeness (QED) is 0.760. The van der Waals surface area contributed by atoms with E-state index < -0.39 is 0 Å². The molecular formula is C24H29N2+. The van der Waals surface area contributed by atoms with E-state index in [1.807, 2.05) is 0 Å². The molecule has 0 saturated carbocycles. The van der Waals surface area contributed by atoms with Gasteiger partial charge in [0.2, 0.25) is 0 Å². The van der Waals surface area contributed by atoms with Crippen molar-refractivity contribution in [3.63, 3.8) is 0 Å². The number of benzene rings is 2.